The van der Waals surface area contributed by atoms with Gasteiger partial charge in [0.2, 0.25) is 0 Å². The van der Waals surface area contributed by atoms with Gasteiger partial charge in [-0.2, -0.15) is 0 Å². The molecule has 1 unspecified atom stereocenters. The van der Waals surface area contributed by atoms with E-state index in [9.17, 15) is 0 Å². The summed E-state index contributed by atoms with van der Waals surface area (Å²) in [5.74, 6) is 0. The molecule has 1 saturated carbocycles. The summed E-state index contributed by atoms with van der Waals surface area (Å²) >= 11 is 0. The molecule has 1 heteroatoms. The molecule has 0 radical (unpaired) electrons. The van der Waals surface area contributed by atoms with Crippen LogP contribution in [0.3, 0.4) is 0 Å². The Morgan fingerprint density at radius 1 is 1.58 bits per heavy atom. The van der Waals surface area contributed by atoms with Crippen molar-refractivity contribution in [3.05, 3.63) is 12.7 Å². The van der Waals surface area contributed by atoms with Crippen molar-refractivity contribution in [1.82, 2.24) is 5.32 Å². The lowest BCUT2D eigenvalue weighted by molar-refractivity contribution is 0.411. The van der Waals surface area contributed by atoms with Crippen molar-refractivity contribution in [3.63, 3.8) is 0 Å². The lowest BCUT2D eigenvalue weighted by Crippen LogP contribution is -2.30. The molecule has 1 rings (SSSR count). The van der Waals surface area contributed by atoms with Gasteiger partial charge in [-0.3, -0.25) is 0 Å². The summed E-state index contributed by atoms with van der Waals surface area (Å²) in [5, 5.41) is 3.50. The summed E-state index contributed by atoms with van der Waals surface area (Å²) in [4.78, 5) is 0. The van der Waals surface area contributed by atoms with Crippen LogP contribution in [0.1, 0.15) is 39.5 Å². The molecule has 12 heavy (non-hydrogen) atoms. The van der Waals surface area contributed by atoms with Gasteiger partial charge in [-0.05, 0) is 31.6 Å². The molecule has 0 bridgehead atoms. The van der Waals surface area contributed by atoms with Crippen molar-refractivity contribution in [2.45, 2.75) is 45.6 Å². The molecule has 1 atom stereocenters. The van der Waals surface area contributed by atoms with E-state index in [0.29, 0.717) is 11.5 Å². The monoisotopic (exact) mass is 167 g/mol. The van der Waals surface area contributed by atoms with Gasteiger partial charge in [-0.1, -0.05) is 19.4 Å². The fourth-order valence-corrected chi connectivity index (χ4v) is 1.68. The van der Waals surface area contributed by atoms with Crippen molar-refractivity contribution in [3.8, 4) is 0 Å². The molecule has 0 amide bonds. The van der Waals surface area contributed by atoms with E-state index < -0.39 is 0 Å². The largest absolute Gasteiger partial charge is 0.310 e. The molecule has 1 aliphatic rings. The van der Waals surface area contributed by atoms with Crippen molar-refractivity contribution in [2.75, 3.05) is 6.54 Å². The zero-order valence-electron chi connectivity index (χ0n) is 8.40. The predicted molar refractivity (Wildman–Crippen MR) is 54.2 cm³/mol. The summed E-state index contributed by atoms with van der Waals surface area (Å²) in [6.45, 7) is 9.39. The first-order valence-corrected chi connectivity index (χ1v) is 5.08. The van der Waals surface area contributed by atoms with Gasteiger partial charge in [0, 0.05) is 12.6 Å². The van der Waals surface area contributed by atoms with E-state index in [1.807, 2.05) is 6.08 Å². The smallest absolute Gasteiger partial charge is 0.0219 e. The Morgan fingerprint density at radius 3 is 2.67 bits per heavy atom. The third-order valence-corrected chi connectivity index (χ3v) is 2.89. The molecular weight excluding hydrogens is 146 g/mol. The topological polar surface area (TPSA) is 12.0 Å². The van der Waals surface area contributed by atoms with E-state index in [1.165, 1.54) is 32.2 Å². The van der Waals surface area contributed by atoms with Crippen molar-refractivity contribution < 1.29 is 0 Å². The molecule has 0 heterocycles. The SMILES string of the molecule is C=CC(C)NCC1(CCC)CC1. The third kappa shape index (κ3) is 2.63. The van der Waals surface area contributed by atoms with E-state index >= 15 is 0 Å². The highest BCUT2D eigenvalue weighted by atomic mass is 14.9. The molecule has 1 N–H and O–H groups in total. The van der Waals surface area contributed by atoms with Crippen LogP contribution >= 0.6 is 0 Å². The van der Waals surface area contributed by atoms with Crippen LogP contribution < -0.4 is 5.32 Å². The van der Waals surface area contributed by atoms with Crippen molar-refractivity contribution in [1.29, 1.82) is 0 Å². The molecule has 0 spiro atoms. The van der Waals surface area contributed by atoms with Gasteiger partial charge in [0.15, 0.2) is 0 Å². The van der Waals surface area contributed by atoms with Gasteiger partial charge in [-0.15, -0.1) is 6.58 Å². The summed E-state index contributed by atoms with van der Waals surface area (Å²) in [6.07, 6.45) is 7.55. The molecule has 0 aromatic carbocycles. The van der Waals surface area contributed by atoms with Crippen LogP contribution in [0, 0.1) is 5.41 Å². The second-order valence-corrected chi connectivity index (χ2v) is 4.16. The summed E-state index contributed by atoms with van der Waals surface area (Å²) < 4.78 is 0. The van der Waals surface area contributed by atoms with Crippen LogP contribution in [0.5, 0.6) is 0 Å². The minimum absolute atomic E-state index is 0.472. The van der Waals surface area contributed by atoms with Gasteiger partial charge in [0.1, 0.15) is 0 Å². The zero-order chi connectivity index (χ0) is 9.03. The highest BCUT2D eigenvalue weighted by Gasteiger charge is 2.40. The molecule has 0 aliphatic heterocycles. The molecule has 1 nitrogen and oxygen atoms in total. The molecule has 0 saturated heterocycles. The number of rotatable bonds is 6. The number of hydrogen-bond acceptors (Lipinski definition) is 1. The molecule has 0 aromatic heterocycles. The van der Waals surface area contributed by atoms with Gasteiger partial charge in [0.05, 0.1) is 0 Å². The van der Waals surface area contributed by atoms with Crippen LogP contribution in [0.25, 0.3) is 0 Å². The first-order valence-electron chi connectivity index (χ1n) is 5.08. The quantitative estimate of drug-likeness (QED) is 0.600. The lowest BCUT2D eigenvalue weighted by Gasteiger charge is -2.17. The third-order valence-electron chi connectivity index (χ3n) is 2.89. The number of hydrogen-bond donors (Lipinski definition) is 1. The molecule has 0 aromatic rings. The Balaban J connectivity index is 2.17. The van der Waals surface area contributed by atoms with Crippen molar-refractivity contribution in [2.24, 2.45) is 5.41 Å². The Bertz CT molecular complexity index is 147. The van der Waals surface area contributed by atoms with Crippen LogP contribution in [0.4, 0.5) is 0 Å². The van der Waals surface area contributed by atoms with E-state index in [2.05, 4.69) is 25.7 Å². The highest BCUT2D eigenvalue weighted by molar-refractivity contribution is 4.96. The standard InChI is InChI=1S/C11H21N/c1-4-6-11(7-8-11)9-12-10(3)5-2/h5,10,12H,2,4,6-9H2,1,3H3. The van der Waals surface area contributed by atoms with Gasteiger partial charge >= 0.3 is 0 Å². The second kappa shape index (κ2) is 4.08. The first-order chi connectivity index (χ1) is 5.72. The molecule has 1 aliphatic carbocycles. The fourth-order valence-electron chi connectivity index (χ4n) is 1.68. The van der Waals surface area contributed by atoms with Crippen molar-refractivity contribution >= 4 is 0 Å². The van der Waals surface area contributed by atoms with E-state index in [1.54, 1.807) is 0 Å². The van der Waals surface area contributed by atoms with E-state index in [0.717, 1.165) is 0 Å². The molecule has 70 valence electrons. The van der Waals surface area contributed by atoms with Gasteiger partial charge < -0.3 is 5.32 Å². The minimum Gasteiger partial charge on any atom is -0.310 e. The van der Waals surface area contributed by atoms with E-state index in [4.69, 9.17) is 0 Å². The van der Waals surface area contributed by atoms with E-state index in [-0.39, 0.29) is 0 Å². The average Bonchev–Trinajstić information content (AvgIpc) is 2.82. The second-order valence-electron chi connectivity index (χ2n) is 4.16. The minimum atomic E-state index is 0.472. The molecular formula is C11H21N. The summed E-state index contributed by atoms with van der Waals surface area (Å²) in [6, 6.07) is 0.472. The highest BCUT2D eigenvalue weighted by Crippen LogP contribution is 2.48. The lowest BCUT2D eigenvalue weighted by atomic mass is 10.0. The fraction of sp³-hybridized carbons (Fsp3) is 0.818. The molecule has 1 fully saturated rings. The van der Waals surface area contributed by atoms with Gasteiger partial charge in [-0.25, -0.2) is 0 Å². The van der Waals surface area contributed by atoms with Gasteiger partial charge in [0.25, 0.3) is 0 Å². The maximum Gasteiger partial charge on any atom is 0.0219 e. The van der Waals surface area contributed by atoms with Crippen LogP contribution in [0.2, 0.25) is 0 Å². The Morgan fingerprint density at radius 2 is 2.25 bits per heavy atom. The maximum absolute atomic E-state index is 3.77. The average molecular weight is 167 g/mol. The zero-order valence-corrected chi connectivity index (χ0v) is 8.40. The number of nitrogens with one attached hydrogen (secondary N) is 1. The Labute approximate surface area is 76.2 Å². The Hall–Kier alpha value is -0.300. The Kier molecular flexibility index (Phi) is 3.33. The van der Waals surface area contributed by atoms with Crippen LogP contribution in [0.15, 0.2) is 12.7 Å². The normalized spacial score (nSPS) is 21.8. The summed E-state index contributed by atoms with van der Waals surface area (Å²) in [5.41, 5.74) is 0.673. The first kappa shape index (κ1) is 9.79. The predicted octanol–water partition coefficient (Wildman–Crippen LogP) is 2.73. The van der Waals surface area contributed by atoms with Crippen LogP contribution in [-0.2, 0) is 0 Å². The summed E-state index contributed by atoms with van der Waals surface area (Å²) in [7, 11) is 0. The van der Waals surface area contributed by atoms with Crippen LogP contribution in [-0.4, -0.2) is 12.6 Å². The maximum atomic E-state index is 3.77.